The van der Waals surface area contributed by atoms with E-state index in [1.165, 1.54) is 6.26 Å². The monoisotopic (exact) mass is 300 g/mol. The van der Waals surface area contributed by atoms with E-state index in [0.717, 1.165) is 12.8 Å². The maximum Gasteiger partial charge on any atom is 0.256 e. The Morgan fingerprint density at radius 3 is 2.76 bits per heavy atom. The van der Waals surface area contributed by atoms with Gasteiger partial charge in [-0.15, -0.1) is 0 Å². The second-order valence-electron chi connectivity index (χ2n) is 4.09. The molecule has 0 aromatic carbocycles. The predicted octanol–water partition coefficient (Wildman–Crippen LogP) is 1.44. The van der Waals surface area contributed by atoms with Crippen molar-refractivity contribution < 1.29 is 14.0 Å². The van der Waals surface area contributed by atoms with E-state index in [9.17, 15) is 9.59 Å². The first-order chi connectivity index (χ1) is 8.08. The van der Waals surface area contributed by atoms with Gasteiger partial charge < -0.3 is 15.1 Å². The molecule has 1 aromatic heterocycles. The lowest BCUT2D eigenvalue weighted by molar-refractivity contribution is -0.122. The Bertz CT molecular complexity index is 440. The molecule has 1 atom stereocenters. The first-order valence-corrected chi connectivity index (χ1v) is 6.21. The Morgan fingerprint density at radius 1 is 1.53 bits per heavy atom. The van der Waals surface area contributed by atoms with Gasteiger partial charge in [-0.25, -0.2) is 0 Å². The normalized spacial score (nSPS) is 16.4. The molecule has 1 heterocycles. The highest BCUT2D eigenvalue weighted by molar-refractivity contribution is 9.10. The van der Waals surface area contributed by atoms with Crippen LogP contribution in [0.15, 0.2) is 21.4 Å². The molecule has 0 spiro atoms. The molecule has 17 heavy (non-hydrogen) atoms. The van der Waals surface area contributed by atoms with Crippen LogP contribution in [0.25, 0.3) is 0 Å². The zero-order valence-electron chi connectivity index (χ0n) is 9.33. The zero-order valence-corrected chi connectivity index (χ0v) is 10.9. The van der Waals surface area contributed by atoms with Crippen LogP contribution < -0.4 is 10.6 Å². The van der Waals surface area contributed by atoms with Crippen LogP contribution in [0.1, 0.15) is 30.1 Å². The van der Waals surface area contributed by atoms with Gasteiger partial charge >= 0.3 is 0 Å². The molecule has 1 aliphatic carbocycles. The lowest BCUT2D eigenvalue weighted by atomic mass is 10.2. The molecule has 2 rings (SSSR count). The molecule has 0 aliphatic heterocycles. The summed E-state index contributed by atoms with van der Waals surface area (Å²) in [6.45, 7) is 1.66. The summed E-state index contributed by atoms with van der Waals surface area (Å²) in [7, 11) is 0. The summed E-state index contributed by atoms with van der Waals surface area (Å²) in [6, 6.07) is 1.29. The third kappa shape index (κ3) is 3.09. The standard InChI is InChI=1S/C11H13BrN2O3/c1-6(10(15)14-7-2-3-7)13-11(16)8-4-5-17-9(8)12/h4-7H,2-3H2,1H3,(H,13,16)(H,14,15). The molecule has 0 radical (unpaired) electrons. The van der Waals surface area contributed by atoms with E-state index in [0.29, 0.717) is 16.3 Å². The van der Waals surface area contributed by atoms with Crippen LogP contribution in [0, 0.1) is 0 Å². The van der Waals surface area contributed by atoms with Crippen molar-refractivity contribution in [3.05, 3.63) is 22.6 Å². The van der Waals surface area contributed by atoms with Crippen LogP contribution in [0.4, 0.5) is 0 Å². The maximum atomic E-state index is 11.8. The average molecular weight is 301 g/mol. The van der Waals surface area contributed by atoms with Gasteiger partial charge in [-0.05, 0) is 41.8 Å². The summed E-state index contributed by atoms with van der Waals surface area (Å²) in [5, 5.41) is 5.45. The fraction of sp³-hybridized carbons (Fsp3) is 0.455. The second-order valence-corrected chi connectivity index (χ2v) is 4.81. The number of amides is 2. The van der Waals surface area contributed by atoms with Gasteiger partial charge in [-0.3, -0.25) is 9.59 Å². The first-order valence-electron chi connectivity index (χ1n) is 5.42. The highest BCUT2D eigenvalue weighted by Gasteiger charge is 2.26. The molecular formula is C11H13BrN2O3. The van der Waals surface area contributed by atoms with E-state index in [4.69, 9.17) is 4.42 Å². The lowest BCUT2D eigenvalue weighted by Gasteiger charge is -2.13. The number of carbonyl (C=O) groups is 2. The Balaban J connectivity index is 1.89. The average Bonchev–Trinajstić information content (AvgIpc) is 2.98. The Kier molecular flexibility index (Phi) is 3.51. The van der Waals surface area contributed by atoms with E-state index >= 15 is 0 Å². The van der Waals surface area contributed by atoms with Gasteiger partial charge in [0, 0.05) is 6.04 Å². The van der Waals surface area contributed by atoms with Crippen molar-refractivity contribution in [2.75, 3.05) is 0 Å². The van der Waals surface area contributed by atoms with E-state index in [-0.39, 0.29) is 11.8 Å². The van der Waals surface area contributed by atoms with Gasteiger partial charge in [0.15, 0.2) is 4.67 Å². The number of nitrogens with one attached hydrogen (secondary N) is 2. The minimum atomic E-state index is -0.551. The smallest absolute Gasteiger partial charge is 0.256 e. The number of halogens is 1. The molecule has 0 saturated heterocycles. The van der Waals surface area contributed by atoms with Gasteiger partial charge in [-0.1, -0.05) is 0 Å². The molecule has 1 fully saturated rings. The molecule has 1 aromatic rings. The van der Waals surface area contributed by atoms with Gasteiger partial charge in [0.25, 0.3) is 5.91 Å². The first kappa shape index (κ1) is 12.2. The number of hydrogen-bond acceptors (Lipinski definition) is 3. The van der Waals surface area contributed by atoms with Crippen molar-refractivity contribution in [2.45, 2.75) is 31.8 Å². The molecule has 1 unspecified atom stereocenters. The number of rotatable bonds is 4. The number of carbonyl (C=O) groups excluding carboxylic acids is 2. The lowest BCUT2D eigenvalue weighted by Crippen LogP contribution is -2.45. The molecule has 6 heteroatoms. The summed E-state index contributed by atoms with van der Waals surface area (Å²) in [4.78, 5) is 23.4. The Morgan fingerprint density at radius 2 is 2.24 bits per heavy atom. The number of hydrogen-bond donors (Lipinski definition) is 2. The van der Waals surface area contributed by atoms with Crippen molar-refractivity contribution >= 4 is 27.7 Å². The molecule has 0 bridgehead atoms. The summed E-state index contributed by atoms with van der Waals surface area (Å²) in [5.41, 5.74) is 0.385. The quantitative estimate of drug-likeness (QED) is 0.884. The minimum Gasteiger partial charge on any atom is -0.457 e. The van der Waals surface area contributed by atoms with Crippen LogP contribution in [0.3, 0.4) is 0 Å². The molecule has 92 valence electrons. The second kappa shape index (κ2) is 4.91. The van der Waals surface area contributed by atoms with Crippen LogP contribution in [-0.4, -0.2) is 23.9 Å². The summed E-state index contributed by atoms with van der Waals surface area (Å²) >= 11 is 3.12. The van der Waals surface area contributed by atoms with Crippen molar-refractivity contribution in [3.8, 4) is 0 Å². The maximum absolute atomic E-state index is 11.8. The van der Waals surface area contributed by atoms with Gasteiger partial charge in [0.1, 0.15) is 6.04 Å². The van der Waals surface area contributed by atoms with Crippen LogP contribution in [-0.2, 0) is 4.79 Å². The third-order valence-electron chi connectivity index (χ3n) is 2.53. The van der Waals surface area contributed by atoms with Gasteiger partial charge in [0.05, 0.1) is 11.8 Å². The largest absolute Gasteiger partial charge is 0.457 e. The van der Waals surface area contributed by atoms with E-state index in [2.05, 4.69) is 26.6 Å². The highest BCUT2D eigenvalue weighted by Crippen LogP contribution is 2.19. The molecular weight excluding hydrogens is 288 g/mol. The topological polar surface area (TPSA) is 71.3 Å². The van der Waals surface area contributed by atoms with Crippen molar-refractivity contribution in [2.24, 2.45) is 0 Å². The fourth-order valence-corrected chi connectivity index (χ4v) is 1.77. The SMILES string of the molecule is CC(NC(=O)c1ccoc1Br)C(=O)NC1CC1. The number of furan rings is 1. The van der Waals surface area contributed by atoms with Gasteiger partial charge in [-0.2, -0.15) is 0 Å². The van der Waals surface area contributed by atoms with Crippen LogP contribution in [0.2, 0.25) is 0 Å². The van der Waals surface area contributed by atoms with E-state index in [1.54, 1.807) is 13.0 Å². The zero-order chi connectivity index (χ0) is 12.4. The Labute approximate surface area is 107 Å². The molecule has 2 amide bonds. The van der Waals surface area contributed by atoms with E-state index in [1.807, 2.05) is 0 Å². The van der Waals surface area contributed by atoms with Crippen molar-refractivity contribution in [1.82, 2.24) is 10.6 Å². The summed E-state index contributed by atoms with van der Waals surface area (Å²) in [5.74, 6) is -0.482. The van der Waals surface area contributed by atoms with Crippen LogP contribution in [0.5, 0.6) is 0 Å². The minimum absolute atomic E-state index is 0.152. The summed E-state index contributed by atoms with van der Waals surface area (Å²) in [6.07, 6.45) is 3.47. The van der Waals surface area contributed by atoms with Crippen LogP contribution >= 0.6 is 15.9 Å². The van der Waals surface area contributed by atoms with Crippen molar-refractivity contribution in [3.63, 3.8) is 0 Å². The molecule has 5 nitrogen and oxygen atoms in total. The van der Waals surface area contributed by atoms with Crippen molar-refractivity contribution in [1.29, 1.82) is 0 Å². The fourth-order valence-electron chi connectivity index (χ4n) is 1.35. The highest BCUT2D eigenvalue weighted by atomic mass is 79.9. The Hall–Kier alpha value is -1.30. The van der Waals surface area contributed by atoms with E-state index < -0.39 is 6.04 Å². The molecule has 1 saturated carbocycles. The summed E-state index contributed by atoms with van der Waals surface area (Å²) < 4.78 is 5.32. The molecule has 1 aliphatic rings. The third-order valence-corrected chi connectivity index (χ3v) is 3.14. The van der Waals surface area contributed by atoms with Gasteiger partial charge in [0.2, 0.25) is 5.91 Å². The molecule has 2 N–H and O–H groups in total. The predicted molar refractivity (Wildman–Crippen MR) is 64.5 cm³/mol.